The molecule has 0 saturated carbocycles. The SMILES string of the molecule is Cc1cccc(C)c1NC(=O)C[NH2+]CCO. The third-order valence-electron chi connectivity index (χ3n) is 2.41. The van der Waals surface area contributed by atoms with E-state index in [9.17, 15) is 4.79 Å². The van der Waals surface area contributed by atoms with Crippen molar-refractivity contribution in [2.45, 2.75) is 13.8 Å². The van der Waals surface area contributed by atoms with Crippen molar-refractivity contribution >= 4 is 11.6 Å². The molecule has 0 aromatic heterocycles. The first-order chi connectivity index (χ1) is 7.65. The number of nitrogens with two attached hydrogens (primary N) is 1. The first-order valence-corrected chi connectivity index (χ1v) is 5.43. The second-order valence-corrected chi connectivity index (χ2v) is 3.82. The molecule has 0 atom stereocenters. The molecule has 0 aliphatic rings. The maximum absolute atomic E-state index is 11.6. The fraction of sp³-hybridized carbons (Fsp3) is 0.417. The number of aliphatic hydroxyl groups excluding tert-OH is 1. The van der Waals surface area contributed by atoms with Gasteiger partial charge in [-0.2, -0.15) is 0 Å². The predicted octanol–water partition coefficient (Wildman–Crippen LogP) is -0.202. The molecule has 0 fully saturated rings. The molecular formula is C12H19N2O2+. The van der Waals surface area contributed by atoms with Gasteiger partial charge in [0.15, 0.2) is 6.54 Å². The lowest BCUT2D eigenvalue weighted by molar-refractivity contribution is -0.644. The lowest BCUT2D eigenvalue weighted by Crippen LogP contribution is -2.87. The normalized spacial score (nSPS) is 10.2. The number of rotatable bonds is 5. The van der Waals surface area contributed by atoms with Gasteiger partial charge in [0.25, 0.3) is 5.91 Å². The Bertz CT molecular complexity index is 344. The van der Waals surface area contributed by atoms with E-state index < -0.39 is 0 Å². The maximum atomic E-state index is 11.6. The summed E-state index contributed by atoms with van der Waals surface area (Å²) in [6.45, 7) is 4.94. The van der Waals surface area contributed by atoms with Crippen LogP contribution in [0.2, 0.25) is 0 Å². The number of benzene rings is 1. The van der Waals surface area contributed by atoms with Crippen molar-refractivity contribution in [1.29, 1.82) is 0 Å². The van der Waals surface area contributed by atoms with Crippen molar-refractivity contribution in [1.82, 2.24) is 0 Å². The fourth-order valence-electron chi connectivity index (χ4n) is 1.53. The summed E-state index contributed by atoms with van der Waals surface area (Å²) in [5, 5.41) is 13.3. The molecule has 0 heterocycles. The van der Waals surface area contributed by atoms with Gasteiger partial charge in [-0.3, -0.25) is 4.79 Å². The summed E-state index contributed by atoms with van der Waals surface area (Å²) in [5.74, 6) is -0.0362. The Morgan fingerprint density at radius 3 is 2.56 bits per heavy atom. The van der Waals surface area contributed by atoms with Crippen LogP contribution in [-0.2, 0) is 4.79 Å². The van der Waals surface area contributed by atoms with E-state index in [1.54, 1.807) is 5.32 Å². The van der Waals surface area contributed by atoms with Gasteiger partial charge in [-0.15, -0.1) is 0 Å². The molecular weight excluding hydrogens is 204 g/mol. The zero-order chi connectivity index (χ0) is 12.0. The molecule has 1 rings (SSSR count). The van der Waals surface area contributed by atoms with Crippen LogP contribution in [0, 0.1) is 13.8 Å². The van der Waals surface area contributed by atoms with Gasteiger partial charge in [-0.05, 0) is 25.0 Å². The minimum atomic E-state index is -0.0362. The van der Waals surface area contributed by atoms with Crippen LogP contribution in [0.5, 0.6) is 0 Å². The molecule has 0 spiro atoms. The summed E-state index contributed by atoms with van der Waals surface area (Å²) in [6.07, 6.45) is 0. The molecule has 4 N–H and O–H groups in total. The van der Waals surface area contributed by atoms with Crippen LogP contribution in [-0.4, -0.2) is 30.7 Å². The molecule has 16 heavy (non-hydrogen) atoms. The zero-order valence-corrected chi connectivity index (χ0v) is 9.79. The molecule has 0 bridgehead atoms. The molecule has 4 nitrogen and oxygen atoms in total. The first-order valence-electron chi connectivity index (χ1n) is 5.43. The van der Waals surface area contributed by atoms with Gasteiger partial charge in [-0.25, -0.2) is 0 Å². The highest BCUT2D eigenvalue weighted by atomic mass is 16.3. The molecule has 1 amide bonds. The average molecular weight is 223 g/mol. The Kier molecular flexibility index (Phi) is 4.95. The molecule has 1 aromatic carbocycles. The Morgan fingerprint density at radius 2 is 2.00 bits per heavy atom. The third-order valence-corrected chi connectivity index (χ3v) is 2.41. The predicted molar refractivity (Wildman–Crippen MR) is 63.3 cm³/mol. The fourth-order valence-corrected chi connectivity index (χ4v) is 1.53. The largest absolute Gasteiger partial charge is 0.391 e. The molecule has 88 valence electrons. The van der Waals surface area contributed by atoms with E-state index >= 15 is 0 Å². The smallest absolute Gasteiger partial charge is 0.279 e. The van der Waals surface area contributed by atoms with E-state index in [1.165, 1.54) is 0 Å². The number of aliphatic hydroxyl groups is 1. The molecule has 0 saturated heterocycles. The van der Waals surface area contributed by atoms with Crippen molar-refractivity contribution in [3.8, 4) is 0 Å². The quantitative estimate of drug-likeness (QED) is 0.605. The van der Waals surface area contributed by atoms with Crippen LogP contribution in [0.25, 0.3) is 0 Å². The van der Waals surface area contributed by atoms with Crippen molar-refractivity contribution < 1.29 is 15.2 Å². The monoisotopic (exact) mass is 223 g/mol. The molecule has 0 radical (unpaired) electrons. The highest BCUT2D eigenvalue weighted by molar-refractivity contribution is 5.92. The number of carbonyl (C=O) groups is 1. The van der Waals surface area contributed by atoms with Crippen molar-refractivity contribution in [3.05, 3.63) is 29.3 Å². The number of carbonyl (C=O) groups excluding carboxylic acids is 1. The molecule has 1 aromatic rings. The van der Waals surface area contributed by atoms with Gasteiger partial charge in [0.2, 0.25) is 0 Å². The van der Waals surface area contributed by atoms with Crippen LogP contribution in [0.1, 0.15) is 11.1 Å². The van der Waals surface area contributed by atoms with Gasteiger partial charge in [-0.1, -0.05) is 18.2 Å². The Morgan fingerprint density at radius 1 is 1.38 bits per heavy atom. The van der Waals surface area contributed by atoms with Crippen LogP contribution < -0.4 is 10.6 Å². The van der Waals surface area contributed by atoms with Crippen LogP contribution in [0.4, 0.5) is 5.69 Å². The molecule has 0 aliphatic carbocycles. The second-order valence-electron chi connectivity index (χ2n) is 3.82. The van der Waals surface area contributed by atoms with E-state index in [1.807, 2.05) is 32.0 Å². The Labute approximate surface area is 95.7 Å². The summed E-state index contributed by atoms with van der Waals surface area (Å²) >= 11 is 0. The van der Waals surface area contributed by atoms with Crippen molar-refractivity contribution in [2.75, 3.05) is 25.0 Å². The van der Waals surface area contributed by atoms with E-state index in [2.05, 4.69) is 5.32 Å². The average Bonchev–Trinajstić information content (AvgIpc) is 2.24. The second kappa shape index (κ2) is 6.25. The van der Waals surface area contributed by atoms with E-state index in [0.29, 0.717) is 13.1 Å². The van der Waals surface area contributed by atoms with Crippen LogP contribution in [0.3, 0.4) is 0 Å². The lowest BCUT2D eigenvalue weighted by atomic mass is 10.1. The molecule has 4 heteroatoms. The summed E-state index contributed by atoms with van der Waals surface area (Å²) in [4.78, 5) is 11.6. The number of aryl methyl sites for hydroxylation is 2. The first kappa shape index (κ1) is 12.7. The zero-order valence-electron chi connectivity index (χ0n) is 9.79. The van der Waals surface area contributed by atoms with E-state index in [0.717, 1.165) is 16.8 Å². The number of nitrogens with one attached hydrogen (secondary N) is 1. The number of hydrogen-bond acceptors (Lipinski definition) is 2. The number of amides is 1. The number of anilines is 1. The number of quaternary nitrogens is 1. The van der Waals surface area contributed by atoms with Gasteiger partial charge >= 0.3 is 0 Å². The van der Waals surface area contributed by atoms with Crippen LogP contribution in [0.15, 0.2) is 18.2 Å². The molecule has 0 aliphatic heterocycles. The number of hydrogen-bond donors (Lipinski definition) is 3. The Hall–Kier alpha value is -1.39. The van der Waals surface area contributed by atoms with Gasteiger partial charge < -0.3 is 15.7 Å². The van der Waals surface area contributed by atoms with E-state index in [-0.39, 0.29) is 12.5 Å². The maximum Gasteiger partial charge on any atom is 0.279 e. The van der Waals surface area contributed by atoms with Crippen LogP contribution >= 0.6 is 0 Å². The van der Waals surface area contributed by atoms with Crippen molar-refractivity contribution in [3.63, 3.8) is 0 Å². The summed E-state index contributed by atoms with van der Waals surface area (Å²) in [7, 11) is 0. The number of para-hydroxylation sites is 1. The minimum Gasteiger partial charge on any atom is -0.391 e. The summed E-state index contributed by atoms with van der Waals surface area (Å²) in [6, 6.07) is 5.91. The Balaban J connectivity index is 2.56. The topological polar surface area (TPSA) is 65.9 Å². The lowest BCUT2D eigenvalue weighted by Gasteiger charge is -2.10. The molecule has 0 unspecified atom stereocenters. The van der Waals surface area contributed by atoms with Gasteiger partial charge in [0.1, 0.15) is 0 Å². The van der Waals surface area contributed by atoms with Gasteiger partial charge in [0, 0.05) is 5.69 Å². The standard InChI is InChI=1S/C12H18N2O2/c1-9-4-3-5-10(2)12(9)14-11(16)8-13-6-7-15/h3-5,13,15H,6-8H2,1-2H3,(H,14,16)/p+1. The summed E-state index contributed by atoms with van der Waals surface area (Å²) < 4.78 is 0. The highest BCUT2D eigenvalue weighted by Gasteiger charge is 2.07. The van der Waals surface area contributed by atoms with Crippen molar-refractivity contribution in [2.24, 2.45) is 0 Å². The third kappa shape index (κ3) is 3.64. The highest BCUT2D eigenvalue weighted by Crippen LogP contribution is 2.18. The van der Waals surface area contributed by atoms with Gasteiger partial charge in [0.05, 0.1) is 13.2 Å². The summed E-state index contributed by atoms with van der Waals surface area (Å²) in [5.41, 5.74) is 3.02. The van der Waals surface area contributed by atoms with E-state index in [4.69, 9.17) is 5.11 Å². The minimum absolute atomic E-state index is 0.0362.